The minimum Gasteiger partial charge on any atom is -0.403 e. The SMILES string of the molecule is CC(C)/C(=C/N)N(C)C(C)C. The lowest BCUT2D eigenvalue weighted by molar-refractivity contribution is 0.311. The van der Waals surface area contributed by atoms with Crippen molar-refractivity contribution in [2.24, 2.45) is 11.7 Å². The Morgan fingerprint density at radius 3 is 1.82 bits per heavy atom. The molecule has 0 fully saturated rings. The highest BCUT2D eigenvalue weighted by molar-refractivity contribution is 5.01. The minimum absolute atomic E-state index is 0.507. The van der Waals surface area contributed by atoms with Crippen molar-refractivity contribution in [3.05, 3.63) is 11.9 Å². The average molecular weight is 156 g/mol. The summed E-state index contributed by atoms with van der Waals surface area (Å²) >= 11 is 0. The van der Waals surface area contributed by atoms with Gasteiger partial charge in [0.05, 0.1) is 0 Å². The molecule has 0 saturated heterocycles. The fourth-order valence-electron chi connectivity index (χ4n) is 1.02. The van der Waals surface area contributed by atoms with Gasteiger partial charge in [-0.3, -0.25) is 0 Å². The van der Waals surface area contributed by atoms with Crippen LogP contribution in [0, 0.1) is 5.92 Å². The van der Waals surface area contributed by atoms with Crippen LogP contribution in [0.2, 0.25) is 0 Å². The van der Waals surface area contributed by atoms with Gasteiger partial charge in [0, 0.05) is 25.0 Å². The van der Waals surface area contributed by atoms with Crippen molar-refractivity contribution in [1.29, 1.82) is 0 Å². The van der Waals surface area contributed by atoms with E-state index >= 15 is 0 Å². The Morgan fingerprint density at radius 2 is 1.73 bits per heavy atom. The standard InChI is InChI=1S/C9H20N2/c1-7(2)9(6-10)11(5)8(3)4/h6-8H,10H2,1-5H3/b9-6-. The summed E-state index contributed by atoms with van der Waals surface area (Å²) in [4.78, 5) is 2.20. The van der Waals surface area contributed by atoms with Crippen LogP contribution in [0.4, 0.5) is 0 Å². The smallest absolute Gasteiger partial charge is 0.0316 e. The fraction of sp³-hybridized carbons (Fsp3) is 0.778. The number of hydrogen-bond donors (Lipinski definition) is 1. The maximum Gasteiger partial charge on any atom is 0.0316 e. The predicted molar refractivity (Wildman–Crippen MR) is 50.0 cm³/mol. The Kier molecular flexibility index (Phi) is 4.01. The highest BCUT2D eigenvalue weighted by Gasteiger charge is 2.10. The van der Waals surface area contributed by atoms with Crippen molar-refractivity contribution < 1.29 is 0 Å². The molecule has 0 rings (SSSR count). The van der Waals surface area contributed by atoms with E-state index < -0.39 is 0 Å². The topological polar surface area (TPSA) is 29.3 Å². The Morgan fingerprint density at radius 1 is 1.27 bits per heavy atom. The molecular formula is C9H20N2. The van der Waals surface area contributed by atoms with Gasteiger partial charge in [0.25, 0.3) is 0 Å². The second-order valence-corrected chi connectivity index (χ2v) is 3.45. The summed E-state index contributed by atoms with van der Waals surface area (Å²) in [5.74, 6) is 0.507. The number of hydrogen-bond acceptors (Lipinski definition) is 2. The van der Waals surface area contributed by atoms with Crippen LogP contribution in [0.25, 0.3) is 0 Å². The van der Waals surface area contributed by atoms with Gasteiger partial charge in [0.1, 0.15) is 0 Å². The summed E-state index contributed by atoms with van der Waals surface area (Å²) in [6, 6.07) is 0.521. The van der Waals surface area contributed by atoms with E-state index in [9.17, 15) is 0 Å². The second-order valence-electron chi connectivity index (χ2n) is 3.45. The first-order valence-corrected chi connectivity index (χ1v) is 4.15. The molecule has 0 amide bonds. The van der Waals surface area contributed by atoms with Crippen molar-refractivity contribution >= 4 is 0 Å². The lowest BCUT2D eigenvalue weighted by Gasteiger charge is -2.28. The second kappa shape index (κ2) is 4.27. The van der Waals surface area contributed by atoms with Gasteiger partial charge in [-0.15, -0.1) is 0 Å². The van der Waals surface area contributed by atoms with Gasteiger partial charge >= 0.3 is 0 Å². The Balaban J connectivity index is 4.28. The van der Waals surface area contributed by atoms with E-state index in [4.69, 9.17) is 5.73 Å². The molecule has 0 aliphatic carbocycles. The largest absolute Gasteiger partial charge is 0.403 e. The molecule has 0 aromatic rings. The first kappa shape index (κ1) is 10.3. The third-order valence-electron chi connectivity index (χ3n) is 1.94. The quantitative estimate of drug-likeness (QED) is 0.675. The van der Waals surface area contributed by atoms with Gasteiger partial charge in [0.15, 0.2) is 0 Å². The number of allylic oxidation sites excluding steroid dienone is 1. The van der Waals surface area contributed by atoms with E-state index in [0.29, 0.717) is 12.0 Å². The zero-order valence-electron chi connectivity index (χ0n) is 8.26. The molecule has 2 N–H and O–H groups in total. The average Bonchev–Trinajstić information content (AvgIpc) is 1.88. The first-order valence-electron chi connectivity index (χ1n) is 4.15. The molecule has 0 aromatic carbocycles. The minimum atomic E-state index is 0.507. The molecule has 11 heavy (non-hydrogen) atoms. The van der Waals surface area contributed by atoms with Gasteiger partial charge in [-0.1, -0.05) is 13.8 Å². The lowest BCUT2D eigenvalue weighted by Crippen LogP contribution is -2.28. The molecule has 0 heterocycles. The summed E-state index contributed by atoms with van der Waals surface area (Å²) in [5, 5.41) is 0. The lowest BCUT2D eigenvalue weighted by atomic mass is 10.1. The molecule has 0 radical (unpaired) electrons. The van der Waals surface area contributed by atoms with Gasteiger partial charge in [-0.2, -0.15) is 0 Å². The van der Waals surface area contributed by atoms with E-state index in [1.165, 1.54) is 5.70 Å². The van der Waals surface area contributed by atoms with Crippen LogP contribution >= 0.6 is 0 Å². The normalized spacial score (nSPS) is 12.8. The van der Waals surface area contributed by atoms with Gasteiger partial charge in [0.2, 0.25) is 0 Å². The summed E-state index contributed by atoms with van der Waals surface area (Å²) in [7, 11) is 2.07. The van der Waals surface area contributed by atoms with Crippen LogP contribution in [-0.4, -0.2) is 18.0 Å². The van der Waals surface area contributed by atoms with Crippen LogP contribution in [0.3, 0.4) is 0 Å². The number of rotatable bonds is 3. The van der Waals surface area contributed by atoms with E-state index in [-0.39, 0.29) is 0 Å². The van der Waals surface area contributed by atoms with Crippen LogP contribution in [0.15, 0.2) is 11.9 Å². The van der Waals surface area contributed by atoms with E-state index in [0.717, 1.165) is 0 Å². The van der Waals surface area contributed by atoms with Gasteiger partial charge in [-0.05, 0) is 19.8 Å². The highest BCUT2D eigenvalue weighted by atomic mass is 15.1. The summed E-state index contributed by atoms with van der Waals surface area (Å²) in [5.41, 5.74) is 6.72. The third-order valence-corrected chi connectivity index (χ3v) is 1.94. The first-order chi connectivity index (χ1) is 5.00. The summed E-state index contributed by atoms with van der Waals surface area (Å²) in [6.07, 6.45) is 1.70. The van der Waals surface area contributed by atoms with E-state index in [1.807, 2.05) is 0 Å². The zero-order chi connectivity index (χ0) is 9.02. The van der Waals surface area contributed by atoms with Crippen LogP contribution in [-0.2, 0) is 0 Å². The Bertz CT molecular complexity index is 136. The van der Waals surface area contributed by atoms with E-state index in [1.54, 1.807) is 6.20 Å². The van der Waals surface area contributed by atoms with Crippen LogP contribution in [0.1, 0.15) is 27.7 Å². The van der Waals surface area contributed by atoms with Crippen molar-refractivity contribution in [3.8, 4) is 0 Å². The molecule has 0 aliphatic heterocycles. The van der Waals surface area contributed by atoms with Gasteiger partial charge < -0.3 is 10.6 Å². The molecule has 0 saturated carbocycles. The number of nitrogens with zero attached hydrogens (tertiary/aromatic N) is 1. The molecule has 0 aliphatic rings. The molecule has 0 unspecified atom stereocenters. The molecular weight excluding hydrogens is 136 g/mol. The molecule has 2 heteroatoms. The fourth-order valence-corrected chi connectivity index (χ4v) is 1.02. The molecule has 66 valence electrons. The predicted octanol–water partition coefficient (Wildman–Crippen LogP) is 1.78. The molecule has 0 atom stereocenters. The van der Waals surface area contributed by atoms with Crippen molar-refractivity contribution in [2.75, 3.05) is 7.05 Å². The molecule has 2 nitrogen and oxygen atoms in total. The zero-order valence-corrected chi connectivity index (χ0v) is 8.26. The molecule has 0 bridgehead atoms. The Hall–Kier alpha value is -0.660. The summed E-state index contributed by atoms with van der Waals surface area (Å²) < 4.78 is 0. The maximum absolute atomic E-state index is 5.51. The maximum atomic E-state index is 5.51. The summed E-state index contributed by atoms with van der Waals surface area (Å²) in [6.45, 7) is 8.62. The molecule has 0 spiro atoms. The Labute approximate surface area is 70.1 Å². The van der Waals surface area contributed by atoms with E-state index in [2.05, 4.69) is 39.6 Å². The van der Waals surface area contributed by atoms with Crippen LogP contribution < -0.4 is 5.73 Å². The highest BCUT2D eigenvalue weighted by Crippen LogP contribution is 2.14. The van der Waals surface area contributed by atoms with Gasteiger partial charge in [-0.25, -0.2) is 0 Å². The third kappa shape index (κ3) is 2.83. The monoisotopic (exact) mass is 156 g/mol. The van der Waals surface area contributed by atoms with Crippen molar-refractivity contribution in [2.45, 2.75) is 33.7 Å². The van der Waals surface area contributed by atoms with Crippen LogP contribution in [0.5, 0.6) is 0 Å². The molecule has 0 aromatic heterocycles. The van der Waals surface area contributed by atoms with Crippen molar-refractivity contribution in [3.63, 3.8) is 0 Å². The van der Waals surface area contributed by atoms with Crippen molar-refractivity contribution in [1.82, 2.24) is 4.90 Å². The number of nitrogens with two attached hydrogens (primary N) is 1.